The van der Waals surface area contributed by atoms with Crippen LogP contribution >= 0.6 is 0 Å². The zero-order valence-electron chi connectivity index (χ0n) is 25.5. The fraction of sp³-hybridized carbons (Fsp3) is 0.625. The molecule has 200 valence electrons. The van der Waals surface area contributed by atoms with Crippen molar-refractivity contribution in [2.75, 3.05) is 26.3 Å². The van der Waals surface area contributed by atoms with Crippen molar-refractivity contribution in [3.05, 3.63) is 57.7 Å². The summed E-state index contributed by atoms with van der Waals surface area (Å²) in [7, 11) is 0. The van der Waals surface area contributed by atoms with Crippen LogP contribution in [0.3, 0.4) is 0 Å². The molecule has 36 heavy (non-hydrogen) atoms. The maximum atomic E-state index is 10.8. The number of nitrogens with zero attached hydrogens (tertiary/aromatic N) is 1. The topological polar surface area (TPSA) is 41.9 Å². The summed E-state index contributed by atoms with van der Waals surface area (Å²) in [6, 6.07) is 1.66. The van der Waals surface area contributed by atoms with Gasteiger partial charge < -0.3 is 14.6 Å². The van der Waals surface area contributed by atoms with E-state index in [4.69, 9.17) is 12.2 Å². The van der Waals surface area contributed by atoms with Crippen molar-refractivity contribution in [2.24, 2.45) is 0 Å². The molecule has 0 unspecified atom stereocenters. The lowest BCUT2D eigenvalue weighted by Crippen LogP contribution is -2.38. The van der Waals surface area contributed by atoms with E-state index in [2.05, 4.69) is 52.8 Å². The Balaban J connectivity index is 1.62. The van der Waals surface area contributed by atoms with Crippen LogP contribution in [0.25, 0.3) is 0 Å². The Kier molecular flexibility index (Phi) is 9.59. The zero-order chi connectivity index (χ0) is 27.9. The number of phenolic OH excluding ortho intramolecular Hbond substituents is 1. The number of allylic oxidation sites excluding steroid dienone is 6. The van der Waals surface area contributed by atoms with Crippen LogP contribution in [0.4, 0.5) is 0 Å². The van der Waals surface area contributed by atoms with Gasteiger partial charge in [0, 0.05) is 33.5 Å². The summed E-state index contributed by atoms with van der Waals surface area (Å²) in [6.45, 7) is 13.1. The van der Waals surface area contributed by atoms with Crippen molar-refractivity contribution in [3.8, 4) is 11.5 Å². The number of aryl methyl sites for hydroxylation is 1. The number of ether oxygens (including phenoxy) is 2. The fourth-order valence-corrected chi connectivity index (χ4v) is 5.01. The molecule has 1 saturated heterocycles. The number of phenols is 1. The Morgan fingerprint density at radius 3 is 2.36 bits per heavy atom. The first-order valence-corrected chi connectivity index (χ1v) is 13.8. The summed E-state index contributed by atoms with van der Waals surface area (Å²) < 4.78 is 29.9. The third-order valence-electron chi connectivity index (χ3n) is 7.37. The van der Waals surface area contributed by atoms with E-state index in [1.165, 1.54) is 16.7 Å². The molecular weight excluding hydrogens is 446 g/mol. The van der Waals surface area contributed by atoms with E-state index in [-0.39, 0.29) is 11.4 Å². The van der Waals surface area contributed by atoms with Gasteiger partial charge in [0.1, 0.15) is 17.1 Å². The number of morpholine rings is 1. The molecule has 1 fully saturated rings. The molecule has 4 heteroatoms. The minimum absolute atomic E-state index is 0.0183. The van der Waals surface area contributed by atoms with Gasteiger partial charge in [-0.15, -0.1) is 0 Å². The lowest BCUT2D eigenvalue weighted by molar-refractivity contribution is 0.0327. The molecule has 1 aromatic rings. The van der Waals surface area contributed by atoms with E-state index < -0.39 is 6.50 Å². The molecule has 2 heterocycles. The average molecular weight is 498 g/mol. The Morgan fingerprint density at radius 2 is 1.69 bits per heavy atom. The highest BCUT2D eigenvalue weighted by molar-refractivity contribution is 5.54. The van der Waals surface area contributed by atoms with Crippen molar-refractivity contribution in [1.29, 1.82) is 0 Å². The van der Waals surface area contributed by atoms with Crippen LogP contribution in [0.15, 0.2) is 41.0 Å². The van der Waals surface area contributed by atoms with E-state index in [0.717, 1.165) is 61.8 Å². The van der Waals surface area contributed by atoms with Crippen LogP contribution < -0.4 is 4.74 Å². The maximum absolute atomic E-state index is 10.8. The predicted octanol–water partition coefficient (Wildman–Crippen LogP) is 7.82. The maximum Gasteiger partial charge on any atom is 0.126 e. The van der Waals surface area contributed by atoms with Crippen molar-refractivity contribution in [3.63, 3.8) is 0 Å². The molecule has 0 saturated carbocycles. The Hall–Kier alpha value is -2.04. The number of benzene rings is 1. The highest BCUT2D eigenvalue weighted by atomic mass is 16.5. The van der Waals surface area contributed by atoms with Gasteiger partial charge >= 0.3 is 0 Å². The standard InChI is InChI=1S/C32H49NO3/c1-24(2)10-7-11-25(3)12-8-13-26(4)14-9-16-32(6)17-15-28-29(23-33-18-20-35-21-19-33)30(34)22-27(5)31(28)36-32/h10,12,14,22,34H,7-9,11,13,15-21,23H2,1-6H3/b25-12+,26-14+/t32-/m1/s1/i23D2. The third kappa shape index (κ3) is 8.52. The molecule has 0 aromatic heterocycles. The van der Waals surface area contributed by atoms with Gasteiger partial charge in [-0.3, -0.25) is 4.90 Å². The van der Waals surface area contributed by atoms with Crippen LogP contribution in [-0.2, 0) is 17.7 Å². The first-order valence-electron chi connectivity index (χ1n) is 14.8. The minimum Gasteiger partial charge on any atom is -0.508 e. The molecule has 3 rings (SSSR count). The van der Waals surface area contributed by atoms with Gasteiger partial charge in [0.25, 0.3) is 0 Å². The molecule has 0 spiro atoms. The summed E-state index contributed by atoms with van der Waals surface area (Å²) in [5.74, 6) is 0.767. The van der Waals surface area contributed by atoms with Crippen LogP contribution in [0, 0.1) is 6.92 Å². The Bertz CT molecular complexity index is 1050. The molecule has 2 aliphatic rings. The molecule has 1 N–H and O–H groups in total. The van der Waals surface area contributed by atoms with Gasteiger partial charge in [0.15, 0.2) is 0 Å². The highest BCUT2D eigenvalue weighted by Gasteiger charge is 2.34. The summed E-state index contributed by atoms with van der Waals surface area (Å²) >= 11 is 0. The summed E-state index contributed by atoms with van der Waals surface area (Å²) in [6.07, 6.45) is 14.8. The van der Waals surface area contributed by atoms with E-state index in [1.54, 1.807) is 11.0 Å². The highest BCUT2D eigenvalue weighted by Crippen LogP contribution is 2.43. The molecule has 1 aromatic carbocycles. The molecular formula is C32H49NO3. The molecule has 0 amide bonds. The molecule has 0 radical (unpaired) electrons. The quantitative estimate of drug-likeness (QED) is 0.317. The predicted molar refractivity (Wildman–Crippen MR) is 151 cm³/mol. The van der Waals surface area contributed by atoms with Crippen molar-refractivity contribution >= 4 is 0 Å². The second-order valence-electron chi connectivity index (χ2n) is 11.2. The smallest absolute Gasteiger partial charge is 0.126 e. The lowest BCUT2D eigenvalue weighted by atomic mass is 9.85. The monoisotopic (exact) mass is 497 g/mol. The van der Waals surface area contributed by atoms with E-state index in [1.807, 2.05) is 6.92 Å². The van der Waals surface area contributed by atoms with Gasteiger partial charge in [0.2, 0.25) is 0 Å². The van der Waals surface area contributed by atoms with Gasteiger partial charge in [-0.2, -0.15) is 0 Å². The molecule has 0 aliphatic carbocycles. The molecule has 4 nitrogen and oxygen atoms in total. The van der Waals surface area contributed by atoms with Crippen LogP contribution in [0.1, 0.15) is 99.0 Å². The second-order valence-corrected chi connectivity index (χ2v) is 11.2. The summed E-state index contributed by atoms with van der Waals surface area (Å²) in [5.41, 5.74) is 6.00. The number of fused-ring (bicyclic) bond motifs is 1. The van der Waals surface area contributed by atoms with Crippen LogP contribution in [0.5, 0.6) is 11.5 Å². The van der Waals surface area contributed by atoms with Crippen molar-refractivity contribution < 1.29 is 17.3 Å². The fourth-order valence-electron chi connectivity index (χ4n) is 5.01. The molecule has 2 aliphatic heterocycles. The van der Waals surface area contributed by atoms with Gasteiger partial charge in [0.05, 0.1) is 13.2 Å². The van der Waals surface area contributed by atoms with Crippen molar-refractivity contribution in [2.45, 2.75) is 105 Å². The number of hydrogen-bond acceptors (Lipinski definition) is 4. The summed E-state index contributed by atoms with van der Waals surface area (Å²) in [5, 5.41) is 10.8. The first-order chi connectivity index (χ1) is 17.9. The minimum atomic E-state index is -1.78. The Labute approximate surface area is 222 Å². The lowest BCUT2D eigenvalue weighted by Gasteiger charge is -2.38. The van der Waals surface area contributed by atoms with Gasteiger partial charge in [-0.25, -0.2) is 0 Å². The van der Waals surface area contributed by atoms with E-state index >= 15 is 0 Å². The normalized spacial score (nSPS) is 22.4. The third-order valence-corrected chi connectivity index (χ3v) is 7.37. The molecule has 1 atom stereocenters. The van der Waals surface area contributed by atoms with E-state index in [9.17, 15) is 5.11 Å². The number of rotatable bonds is 11. The second kappa shape index (κ2) is 13.5. The van der Waals surface area contributed by atoms with Crippen molar-refractivity contribution in [1.82, 2.24) is 4.90 Å². The number of aromatic hydroxyl groups is 1. The zero-order valence-corrected chi connectivity index (χ0v) is 23.5. The van der Waals surface area contributed by atoms with Crippen LogP contribution in [0.2, 0.25) is 0 Å². The Morgan fingerprint density at radius 1 is 1.06 bits per heavy atom. The number of hydrogen-bond donors (Lipinski definition) is 1. The van der Waals surface area contributed by atoms with Gasteiger partial charge in [-0.1, -0.05) is 34.9 Å². The first kappa shape index (κ1) is 25.6. The van der Waals surface area contributed by atoms with E-state index in [0.29, 0.717) is 38.3 Å². The SMILES string of the molecule is [2H]C([2H])(c1c(O)cc(C)c2c1CC[C@@](C)(CC/C=C(\C)CC/C=C(\C)CCC=C(C)C)O2)N1CCOCC1. The molecule has 0 bridgehead atoms. The van der Waals surface area contributed by atoms with Crippen LogP contribution in [-0.4, -0.2) is 41.9 Å². The van der Waals surface area contributed by atoms with Gasteiger partial charge in [-0.05, 0) is 105 Å². The summed E-state index contributed by atoms with van der Waals surface area (Å²) in [4.78, 5) is 1.77. The average Bonchev–Trinajstić information content (AvgIpc) is 2.85. The largest absolute Gasteiger partial charge is 0.508 e.